The summed E-state index contributed by atoms with van der Waals surface area (Å²) in [7, 11) is -3.26. The summed E-state index contributed by atoms with van der Waals surface area (Å²) in [6.07, 6.45) is 4.85. The van der Waals surface area contributed by atoms with Gasteiger partial charge in [0, 0.05) is 25.6 Å². The lowest BCUT2D eigenvalue weighted by Gasteiger charge is -2.27. The van der Waals surface area contributed by atoms with Crippen molar-refractivity contribution in [2.45, 2.75) is 51.5 Å². The molecule has 0 amide bonds. The highest BCUT2D eigenvalue weighted by molar-refractivity contribution is 7.89. The van der Waals surface area contributed by atoms with Gasteiger partial charge in [-0.1, -0.05) is 0 Å². The van der Waals surface area contributed by atoms with Crippen molar-refractivity contribution in [1.82, 2.24) is 9.21 Å². The lowest BCUT2D eigenvalue weighted by molar-refractivity contribution is -0.143. The minimum atomic E-state index is -3.26. The minimum Gasteiger partial charge on any atom is -0.466 e. The Morgan fingerprint density at radius 3 is 2.59 bits per heavy atom. The number of ether oxygens (including phenoxy) is 1. The molecule has 0 aromatic rings. The van der Waals surface area contributed by atoms with Crippen molar-refractivity contribution < 1.29 is 17.9 Å². The fraction of sp³-hybridized carbons (Fsp3) is 0.933. The van der Waals surface area contributed by atoms with E-state index in [-0.39, 0.29) is 24.2 Å². The molecule has 1 atom stereocenters. The number of hydrogen-bond acceptors (Lipinski definition) is 5. The first kappa shape index (κ1) is 17.7. The predicted octanol–water partition coefficient (Wildman–Crippen LogP) is 1.22. The molecular formula is C15H28N2O4S. The Balaban J connectivity index is 1.82. The Morgan fingerprint density at radius 2 is 1.91 bits per heavy atom. The van der Waals surface area contributed by atoms with Crippen LogP contribution in [-0.4, -0.2) is 68.2 Å². The van der Waals surface area contributed by atoms with E-state index < -0.39 is 10.0 Å². The van der Waals surface area contributed by atoms with Crippen molar-refractivity contribution in [2.24, 2.45) is 0 Å². The van der Waals surface area contributed by atoms with E-state index >= 15 is 0 Å². The third-order valence-electron chi connectivity index (χ3n) is 4.44. The van der Waals surface area contributed by atoms with Gasteiger partial charge < -0.3 is 9.64 Å². The van der Waals surface area contributed by atoms with Gasteiger partial charge in [-0.2, -0.15) is 4.31 Å². The van der Waals surface area contributed by atoms with E-state index in [0.29, 0.717) is 19.6 Å². The lowest BCUT2D eigenvalue weighted by Crippen LogP contribution is -2.43. The second-order valence-corrected chi connectivity index (χ2v) is 8.18. The van der Waals surface area contributed by atoms with Crippen LogP contribution in [0.15, 0.2) is 0 Å². The van der Waals surface area contributed by atoms with Crippen LogP contribution in [0.4, 0.5) is 0 Å². The largest absolute Gasteiger partial charge is 0.466 e. The van der Waals surface area contributed by atoms with Crippen molar-refractivity contribution in [1.29, 1.82) is 0 Å². The number of hydrogen-bond donors (Lipinski definition) is 0. The van der Waals surface area contributed by atoms with Crippen LogP contribution in [0.2, 0.25) is 0 Å². The number of nitrogens with zero attached hydrogens (tertiary/aromatic N) is 2. The van der Waals surface area contributed by atoms with E-state index in [2.05, 4.69) is 4.90 Å². The molecule has 22 heavy (non-hydrogen) atoms. The molecule has 0 aromatic heterocycles. The molecule has 0 aromatic carbocycles. The smallest absolute Gasteiger partial charge is 0.305 e. The Kier molecular flexibility index (Phi) is 6.65. The first-order chi connectivity index (χ1) is 10.5. The van der Waals surface area contributed by atoms with Crippen LogP contribution < -0.4 is 0 Å². The summed E-state index contributed by atoms with van der Waals surface area (Å²) in [5.41, 5.74) is 0. The molecule has 2 fully saturated rings. The maximum Gasteiger partial charge on any atom is 0.305 e. The van der Waals surface area contributed by atoms with Crippen LogP contribution in [-0.2, 0) is 19.6 Å². The Labute approximate surface area is 133 Å². The SMILES string of the molecule is CCOC(=O)CCCS(=O)(=O)N1CCC[C@@H]1CN1CCCC1. The van der Waals surface area contributed by atoms with Crippen LogP contribution in [0.25, 0.3) is 0 Å². The number of carbonyl (C=O) groups excluding carboxylic acids is 1. The van der Waals surface area contributed by atoms with Gasteiger partial charge in [0.15, 0.2) is 0 Å². The molecule has 0 saturated carbocycles. The fourth-order valence-corrected chi connectivity index (χ4v) is 5.15. The number of sulfonamides is 1. The minimum absolute atomic E-state index is 0.0440. The first-order valence-corrected chi connectivity index (χ1v) is 10.0. The fourth-order valence-electron chi connectivity index (χ4n) is 3.37. The molecular weight excluding hydrogens is 304 g/mol. The van der Waals surface area contributed by atoms with Crippen LogP contribution in [0, 0.1) is 0 Å². The van der Waals surface area contributed by atoms with Crippen LogP contribution in [0.3, 0.4) is 0 Å². The molecule has 2 rings (SSSR count). The molecule has 0 N–H and O–H groups in total. The second kappa shape index (κ2) is 8.26. The molecule has 2 aliphatic rings. The quantitative estimate of drug-likeness (QED) is 0.625. The van der Waals surface area contributed by atoms with Crippen LogP contribution in [0.5, 0.6) is 0 Å². The second-order valence-electron chi connectivity index (χ2n) is 6.14. The summed E-state index contributed by atoms with van der Waals surface area (Å²) in [5, 5.41) is 0. The molecule has 0 spiro atoms. The van der Waals surface area contributed by atoms with Gasteiger partial charge in [-0.05, 0) is 52.1 Å². The summed E-state index contributed by atoms with van der Waals surface area (Å²) in [5.74, 6) is -0.268. The number of carbonyl (C=O) groups is 1. The zero-order valence-electron chi connectivity index (χ0n) is 13.5. The van der Waals surface area contributed by atoms with Crippen LogP contribution >= 0.6 is 0 Å². The van der Waals surface area contributed by atoms with Crippen LogP contribution in [0.1, 0.15) is 45.4 Å². The van der Waals surface area contributed by atoms with E-state index in [9.17, 15) is 13.2 Å². The standard InChI is InChI=1S/C15H28N2O4S/c1-2-21-15(18)8-6-12-22(19,20)17-11-5-7-14(17)13-16-9-3-4-10-16/h14H,2-13H2,1H3/t14-/m1/s1. The number of likely N-dealkylation sites (tertiary alicyclic amines) is 1. The molecule has 2 heterocycles. The normalized spacial score (nSPS) is 24.0. The van der Waals surface area contributed by atoms with Gasteiger partial charge in [-0.15, -0.1) is 0 Å². The summed E-state index contributed by atoms with van der Waals surface area (Å²) in [6, 6.07) is 0.116. The average Bonchev–Trinajstić information content (AvgIpc) is 3.11. The van der Waals surface area contributed by atoms with E-state index in [1.54, 1.807) is 11.2 Å². The summed E-state index contributed by atoms with van der Waals surface area (Å²) in [4.78, 5) is 13.7. The van der Waals surface area contributed by atoms with Gasteiger partial charge >= 0.3 is 5.97 Å². The summed E-state index contributed by atoms with van der Waals surface area (Å²) >= 11 is 0. The monoisotopic (exact) mass is 332 g/mol. The Bertz CT molecular complexity index is 460. The molecule has 2 saturated heterocycles. The molecule has 0 aliphatic carbocycles. The first-order valence-electron chi connectivity index (χ1n) is 8.40. The highest BCUT2D eigenvalue weighted by Crippen LogP contribution is 2.24. The van der Waals surface area contributed by atoms with E-state index in [1.807, 2.05) is 0 Å². The Hall–Kier alpha value is -0.660. The van der Waals surface area contributed by atoms with Crippen molar-refractivity contribution in [3.8, 4) is 0 Å². The molecule has 0 radical (unpaired) electrons. The van der Waals surface area contributed by atoms with Gasteiger partial charge in [-0.3, -0.25) is 4.79 Å². The third-order valence-corrected chi connectivity index (χ3v) is 6.44. The predicted molar refractivity (Wildman–Crippen MR) is 85.1 cm³/mol. The molecule has 7 heteroatoms. The third kappa shape index (κ3) is 4.93. The molecule has 0 unspecified atom stereocenters. The van der Waals surface area contributed by atoms with Gasteiger partial charge in [0.1, 0.15) is 0 Å². The maximum absolute atomic E-state index is 12.5. The zero-order chi connectivity index (χ0) is 16.0. The van der Waals surface area contributed by atoms with Crippen molar-refractivity contribution in [3.05, 3.63) is 0 Å². The zero-order valence-corrected chi connectivity index (χ0v) is 14.3. The lowest BCUT2D eigenvalue weighted by atomic mass is 10.2. The van der Waals surface area contributed by atoms with Crippen molar-refractivity contribution in [2.75, 3.05) is 38.5 Å². The van der Waals surface area contributed by atoms with Crippen molar-refractivity contribution in [3.63, 3.8) is 0 Å². The highest BCUT2D eigenvalue weighted by atomic mass is 32.2. The van der Waals surface area contributed by atoms with E-state index in [0.717, 1.165) is 32.5 Å². The van der Waals surface area contributed by atoms with Gasteiger partial charge in [0.2, 0.25) is 10.0 Å². The maximum atomic E-state index is 12.5. The summed E-state index contributed by atoms with van der Waals surface area (Å²) < 4.78 is 31.5. The molecule has 128 valence electrons. The number of esters is 1. The van der Waals surface area contributed by atoms with Gasteiger partial charge in [-0.25, -0.2) is 8.42 Å². The van der Waals surface area contributed by atoms with E-state index in [1.165, 1.54) is 12.8 Å². The van der Waals surface area contributed by atoms with E-state index in [4.69, 9.17) is 4.74 Å². The highest BCUT2D eigenvalue weighted by Gasteiger charge is 2.35. The molecule has 2 aliphatic heterocycles. The molecule has 0 bridgehead atoms. The summed E-state index contributed by atoms with van der Waals surface area (Å²) in [6.45, 7) is 5.76. The average molecular weight is 332 g/mol. The van der Waals surface area contributed by atoms with Gasteiger partial charge in [0.25, 0.3) is 0 Å². The Morgan fingerprint density at radius 1 is 1.18 bits per heavy atom. The van der Waals surface area contributed by atoms with Crippen molar-refractivity contribution >= 4 is 16.0 Å². The molecule has 6 nitrogen and oxygen atoms in total. The van der Waals surface area contributed by atoms with Gasteiger partial charge in [0.05, 0.1) is 12.4 Å². The topological polar surface area (TPSA) is 66.9 Å². The number of rotatable bonds is 8.